The minimum Gasteiger partial charge on any atom is -0.275 e. The summed E-state index contributed by atoms with van der Waals surface area (Å²) < 4.78 is 38.1. The minimum atomic E-state index is -4.51. The van der Waals surface area contributed by atoms with Gasteiger partial charge in [-0.15, -0.1) is 11.3 Å². The van der Waals surface area contributed by atoms with E-state index in [0.717, 1.165) is 11.3 Å². The van der Waals surface area contributed by atoms with Gasteiger partial charge in [0.15, 0.2) is 5.13 Å². The molecule has 4 nitrogen and oxygen atoms in total. The number of hydrogen-bond acceptors (Lipinski definition) is 4. The number of pyridine rings is 1. The van der Waals surface area contributed by atoms with E-state index >= 15 is 0 Å². The van der Waals surface area contributed by atoms with Crippen LogP contribution in [-0.4, -0.2) is 28.6 Å². The van der Waals surface area contributed by atoms with Gasteiger partial charge >= 0.3 is 6.18 Å². The molecule has 0 fully saturated rings. The molecule has 8 heteroatoms. The van der Waals surface area contributed by atoms with E-state index in [1.54, 1.807) is 25.3 Å². The van der Waals surface area contributed by atoms with Crippen molar-refractivity contribution in [3.63, 3.8) is 0 Å². The zero-order valence-corrected chi connectivity index (χ0v) is 12.1. The van der Waals surface area contributed by atoms with Crippen LogP contribution in [-0.2, 0) is 0 Å². The average molecular weight is 315 g/mol. The van der Waals surface area contributed by atoms with Gasteiger partial charge in [0.25, 0.3) is 5.91 Å². The molecule has 0 N–H and O–H groups in total. The van der Waals surface area contributed by atoms with Crippen LogP contribution in [0.1, 0.15) is 21.7 Å². The van der Waals surface area contributed by atoms with Crippen molar-refractivity contribution in [1.82, 2.24) is 9.97 Å². The summed E-state index contributed by atoms with van der Waals surface area (Å²) in [6, 6.07) is 3.03. The number of carbonyl (C=O) groups is 1. The molecule has 0 aromatic carbocycles. The Balaban J connectivity index is 2.34. The van der Waals surface area contributed by atoms with Crippen LogP contribution >= 0.6 is 11.3 Å². The van der Waals surface area contributed by atoms with Gasteiger partial charge in [0.2, 0.25) is 0 Å². The molecule has 0 saturated carbocycles. The third-order valence-corrected chi connectivity index (χ3v) is 3.56. The lowest BCUT2D eigenvalue weighted by atomic mass is 10.2. The van der Waals surface area contributed by atoms with Crippen LogP contribution in [0.15, 0.2) is 23.7 Å². The Morgan fingerprint density at radius 1 is 1.29 bits per heavy atom. The zero-order valence-electron chi connectivity index (χ0n) is 11.3. The first-order valence-corrected chi connectivity index (χ1v) is 6.87. The fraction of sp³-hybridized carbons (Fsp3) is 0.308. The molecule has 0 saturated heterocycles. The predicted molar refractivity (Wildman–Crippen MR) is 73.6 cm³/mol. The van der Waals surface area contributed by atoms with Gasteiger partial charge in [-0.1, -0.05) is 0 Å². The van der Waals surface area contributed by atoms with Gasteiger partial charge in [-0.2, -0.15) is 13.2 Å². The van der Waals surface area contributed by atoms with Gasteiger partial charge in [0.05, 0.1) is 11.3 Å². The van der Waals surface area contributed by atoms with Gasteiger partial charge < -0.3 is 0 Å². The maximum atomic E-state index is 12.7. The molecule has 2 aromatic rings. The number of nitrogens with zero attached hydrogens (tertiary/aromatic N) is 3. The average Bonchev–Trinajstić information content (AvgIpc) is 2.81. The number of hydrogen-bond donors (Lipinski definition) is 0. The maximum Gasteiger partial charge on any atom is 0.406 e. The fourth-order valence-electron chi connectivity index (χ4n) is 1.62. The number of amides is 1. The van der Waals surface area contributed by atoms with E-state index in [0.29, 0.717) is 16.3 Å². The molecule has 0 aliphatic carbocycles. The number of halogens is 3. The highest BCUT2D eigenvalue weighted by atomic mass is 32.1. The summed E-state index contributed by atoms with van der Waals surface area (Å²) in [5.41, 5.74) is 1.34. The highest BCUT2D eigenvalue weighted by molar-refractivity contribution is 7.14. The second-order valence-corrected chi connectivity index (χ2v) is 5.30. The van der Waals surface area contributed by atoms with Crippen LogP contribution < -0.4 is 4.90 Å². The summed E-state index contributed by atoms with van der Waals surface area (Å²) in [5, 5.41) is 1.62. The molecule has 21 heavy (non-hydrogen) atoms. The topological polar surface area (TPSA) is 46.1 Å². The number of rotatable bonds is 3. The lowest BCUT2D eigenvalue weighted by Crippen LogP contribution is -2.39. The van der Waals surface area contributed by atoms with E-state index in [1.165, 1.54) is 12.3 Å². The van der Waals surface area contributed by atoms with E-state index < -0.39 is 18.6 Å². The molecule has 2 heterocycles. The standard InChI is InChI=1S/C13H12F3N3OS/c1-8-3-4-10(5-17-8)11(20)19(7-13(14,15)16)12-18-9(2)6-21-12/h3-6H,7H2,1-2H3. The monoisotopic (exact) mass is 315 g/mol. The van der Waals surface area contributed by atoms with Crippen molar-refractivity contribution in [2.45, 2.75) is 20.0 Å². The van der Waals surface area contributed by atoms with Crippen LogP contribution in [0.25, 0.3) is 0 Å². The maximum absolute atomic E-state index is 12.7. The van der Waals surface area contributed by atoms with Crippen molar-refractivity contribution in [3.05, 3.63) is 40.7 Å². The number of aryl methyl sites for hydroxylation is 2. The Kier molecular flexibility index (Phi) is 4.26. The van der Waals surface area contributed by atoms with E-state index in [9.17, 15) is 18.0 Å². The fourth-order valence-corrected chi connectivity index (χ4v) is 2.42. The van der Waals surface area contributed by atoms with Crippen molar-refractivity contribution in [3.8, 4) is 0 Å². The molecule has 0 spiro atoms. The molecule has 2 rings (SSSR count). The van der Waals surface area contributed by atoms with Crippen molar-refractivity contribution in [1.29, 1.82) is 0 Å². The number of thiazole rings is 1. The molecule has 0 aliphatic heterocycles. The summed E-state index contributed by atoms with van der Waals surface area (Å²) in [6.07, 6.45) is -3.24. The van der Waals surface area contributed by atoms with Crippen LogP contribution in [0.2, 0.25) is 0 Å². The quantitative estimate of drug-likeness (QED) is 0.872. The van der Waals surface area contributed by atoms with E-state index in [-0.39, 0.29) is 10.7 Å². The van der Waals surface area contributed by atoms with E-state index in [4.69, 9.17) is 0 Å². The SMILES string of the molecule is Cc1ccc(C(=O)N(CC(F)(F)F)c2nc(C)cs2)cn1. The zero-order chi connectivity index (χ0) is 15.6. The van der Waals surface area contributed by atoms with Gasteiger partial charge in [-0.05, 0) is 26.0 Å². The Hall–Kier alpha value is -1.96. The largest absolute Gasteiger partial charge is 0.406 e. The molecular weight excluding hydrogens is 303 g/mol. The first-order chi connectivity index (χ1) is 9.76. The predicted octanol–water partition coefficient (Wildman–Crippen LogP) is 3.36. The summed E-state index contributed by atoms with van der Waals surface area (Å²) in [7, 11) is 0. The Bertz CT molecular complexity index is 637. The van der Waals surface area contributed by atoms with E-state index in [1.807, 2.05) is 0 Å². The number of alkyl halides is 3. The molecule has 0 bridgehead atoms. The molecule has 2 aromatic heterocycles. The number of anilines is 1. The Morgan fingerprint density at radius 3 is 2.48 bits per heavy atom. The summed E-state index contributed by atoms with van der Waals surface area (Å²) in [5.74, 6) is -0.769. The Labute approximate surface area is 123 Å². The van der Waals surface area contributed by atoms with Crippen LogP contribution in [0.3, 0.4) is 0 Å². The smallest absolute Gasteiger partial charge is 0.275 e. The number of carbonyl (C=O) groups excluding carboxylic acids is 1. The second kappa shape index (κ2) is 5.80. The normalized spacial score (nSPS) is 11.5. The first-order valence-electron chi connectivity index (χ1n) is 5.99. The van der Waals surface area contributed by atoms with Gasteiger partial charge in [-0.25, -0.2) is 4.98 Å². The van der Waals surface area contributed by atoms with Gasteiger partial charge in [0, 0.05) is 17.3 Å². The van der Waals surface area contributed by atoms with Crippen molar-refractivity contribution >= 4 is 22.4 Å². The third kappa shape index (κ3) is 4.01. The summed E-state index contributed by atoms with van der Waals surface area (Å²) >= 11 is 0.998. The summed E-state index contributed by atoms with van der Waals surface area (Å²) in [6.45, 7) is 2.00. The molecule has 0 atom stereocenters. The first kappa shape index (κ1) is 15.4. The molecule has 0 radical (unpaired) electrons. The molecule has 0 unspecified atom stereocenters. The van der Waals surface area contributed by atoms with Crippen molar-refractivity contribution < 1.29 is 18.0 Å². The minimum absolute atomic E-state index is 0.0235. The van der Waals surface area contributed by atoms with Crippen LogP contribution in [0.4, 0.5) is 18.3 Å². The second-order valence-electron chi connectivity index (χ2n) is 4.47. The Morgan fingerprint density at radius 2 is 2.00 bits per heavy atom. The van der Waals surface area contributed by atoms with Crippen LogP contribution in [0, 0.1) is 13.8 Å². The lowest BCUT2D eigenvalue weighted by molar-refractivity contribution is -0.118. The van der Waals surface area contributed by atoms with E-state index in [2.05, 4.69) is 9.97 Å². The van der Waals surface area contributed by atoms with Crippen molar-refractivity contribution in [2.24, 2.45) is 0 Å². The molecular formula is C13H12F3N3OS. The van der Waals surface area contributed by atoms with Crippen LogP contribution in [0.5, 0.6) is 0 Å². The summed E-state index contributed by atoms with van der Waals surface area (Å²) in [4.78, 5) is 20.8. The lowest BCUT2D eigenvalue weighted by Gasteiger charge is -2.21. The molecule has 112 valence electrons. The molecule has 1 amide bonds. The van der Waals surface area contributed by atoms with Crippen molar-refractivity contribution in [2.75, 3.05) is 11.4 Å². The highest BCUT2D eigenvalue weighted by Gasteiger charge is 2.35. The third-order valence-electron chi connectivity index (χ3n) is 2.58. The van der Waals surface area contributed by atoms with Gasteiger partial charge in [-0.3, -0.25) is 14.7 Å². The number of aromatic nitrogens is 2. The highest BCUT2D eigenvalue weighted by Crippen LogP contribution is 2.26. The molecule has 0 aliphatic rings. The van der Waals surface area contributed by atoms with Gasteiger partial charge in [0.1, 0.15) is 6.54 Å².